The normalized spacial score (nSPS) is 10.6. The minimum absolute atomic E-state index is 0.0304. The number of rotatable bonds is 10. The van der Waals surface area contributed by atoms with E-state index in [-0.39, 0.29) is 42.2 Å². The van der Waals surface area contributed by atoms with E-state index >= 15 is 0 Å². The first-order valence-electron chi connectivity index (χ1n) is 10.7. The summed E-state index contributed by atoms with van der Waals surface area (Å²) in [5.74, 6) is -0.717. The fraction of sp³-hybridized carbons (Fsp3) is 0.192. The van der Waals surface area contributed by atoms with E-state index in [1.54, 1.807) is 42.3 Å². The minimum Gasteiger partial charge on any atom is -0.395 e. The van der Waals surface area contributed by atoms with Gasteiger partial charge >= 0.3 is 0 Å². The van der Waals surface area contributed by atoms with Crippen molar-refractivity contribution in [1.29, 1.82) is 0 Å². The number of carbonyl (C=O) groups is 3. The lowest BCUT2D eigenvalue weighted by atomic mass is 9.96. The van der Waals surface area contributed by atoms with Crippen LogP contribution < -0.4 is 15.8 Å². The van der Waals surface area contributed by atoms with Gasteiger partial charge in [0.05, 0.1) is 29.5 Å². The molecule has 176 valence electrons. The summed E-state index contributed by atoms with van der Waals surface area (Å²) >= 11 is 6.54. The minimum atomic E-state index is -0.375. The Labute approximate surface area is 203 Å². The van der Waals surface area contributed by atoms with Crippen LogP contribution >= 0.6 is 11.6 Å². The zero-order valence-corrected chi connectivity index (χ0v) is 19.7. The number of halogens is 1. The Morgan fingerprint density at radius 2 is 1.68 bits per heavy atom. The molecule has 0 atom stereocenters. The van der Waals surface area contributed by atoms with Crippen molar-refractivity contribution in [2.75, 3.05) is 24.7 Å². The molecular formula is C26H26ClN3O4. The molecule has 0 bridgehead atoms. The van der Waals surface area contributed by atoms with E-state index in [1.807, 2.05) is 30.3 Å². The molecule has 0 saturated heterocycles. The molecular weight excluding hydrogens is 454 g/mol. The molecule has 3 N–H and O–H groups in total. The highest BCUT2D eigenvalue weighted by Gasteiger charge is 2.19. The Balaban J connectivity index is 1.93. The van der Waals surface area contributed by atoms with E-state index < -0.39 is 0 Å². The van der Waals surface area contributed by atoms with Crippen molar-refractivity contribution in [3.8, 4) is 0 Å². The molecule has 34 heavy (non-hydrogen) atoms. The van der Waals surface area contributed by atoms with E-state index in [2.05, 4.69) is 10.7 Å². The van der Waals surface area contributed by atoms with Gasteiger partial charge in [0, 0.05) is 23.2 Å². The lowest BCUT2D eigenvalue weighted by Gasteiger charge is -2.26. The molecule has 0 aliphatic carbocycles. The molecule has 3 aromatic rings. The van der Waals surface area contributed by atoms with Crippen LogP contribution in [0, 0.1) is 6.92 Å². The largest absolute Gasteiger partial charge is 0.395 e. The van der Waals surface area contributed by atoms with Crippen LogP contribution in [0.2, 0.25) is 5.02 Å². The number of ketones is 2. The summed E-state index contributed by atoms with van der Waals surface area (Å²) < 4.78 is 0. The van der Waals surface area contributed by atoms with Crippen molar-refractivity contribution in [2.24, 2.45) is 0 Å². The summed E-state index contributed by atoms with van der Waals surface area (Å²) in [6.45, 7) is 3.35. The summed E-state index contributed by atoms with van der Waals surface area (Å²) in [5.41, 5.74) is 6.22. The van der Waals surface area contributed by atoms with E-state index in [9.17, 15) is 14.4 Å². The second-order valence-corrected chi connectivity index (χ2v) is 8.12. The van der Waals surface area contributed by atoms with Crippen molar-refractivity contribution < 1.29 is 19.5 Å². The highest BCUT2D eigenvalue weighted by molar-refractivity contribution is 6.35. The van der Waals surface area contributed by atoms with Crippen LogP contribution in [0.3, 0.4) is 0 Å². The monoisotopic (exact) mass is 479 g/mol. The molecule has 3 rings (SSSR count). The van der Waals surface area contributed by atoms with Gasteiger partial charge in [0.25, 0.3) is 5.91 Å². The Morgan fingerprint density at radius 3 is 2.32 bits per heavy atom. The molecule has 0 spiro atoms. The first-order valence-corrected chi connectivity index (χ1v) is 11.1. The molecule has 0 heterocycles. The van der Waals surface area contributed by atoms with Crippen LogP contribution in [-0.2, 0) is 4.79 Å². The number of hydrazine groups is 1. The van der Waals surface area contributed by atoms with Crippen LogP contribution in [-0.4, -0.2) is 42.3 Å². The number of nitrogens with zero attached hydrogens (tertiary/aromatic N) is 1. The molecule has 0 fully saturated rings. The van der Waals surface area contributed by atoms with E-state index in [4.69, 9.17) is 16.7 Å². The molecule has 0 aliphatic rings. The second-order valence-electron chi connectivity index (χ2n) is 7.71. The van der Waals surface area contributed by atoms with Crippen LogP contribution in [0.5, 0.6) is 0 Å². The summed E-state index contributed by atoms with van der Waals surface area (Å²) in [6, 6.07) is 19.3. The predicted molar refractivity (Wildman–Crippen MR) is 133 cm³/mol. The van der Waals surface area contributed by atoms with E-state index in [1.165, 1.54) is 13.0 Å². The molecule has 7 nitrogen and oxygen atoms in total. The Morgan fingerprint density at radius 1 is 0.941 bits per heavy atom. The topological polar surface area (TPSA) is 98.7 Å². The SMILES string of the molecule is CC(=O)CNN(c1ccccc1)c1ccc(C(=O)c2cc(C(=O)NCCO)ccc2C)c(Cl)c1. The number of anilines is 2. The molecule has 0 saturated carbocycles. The summed E-state index contributed by atoms with van der Waals surface area (Å²) in [4.78, 5) is 37.1. The molecule has 0 aliphatic heterocycles. The number of hydrogen-bond acceptors (Lipinski definition) is 6. The molecule has 1 amide bonds. The number of amides is 1. The number of hydrogen-bond donors (Lipinski definition) is 3. The first-order chi connectivity index (χ1) is 16.3. The van der Waals surface area contributed by atoms with Gasteiger partial charge in [-0.05, 0) is 61.9 Å². The number of carbonyl (C=O) groups excluding carboxylic acids is 3. The highest BCUT2D eigenvalue weighted by Crippen LogP contribution is 2.30. The third-order valence-corrected chi connectivity index (χ3v) is 5.41. The van der Waals surface area contributed by atoms with Crippen molar-refractivity contribution in [3.63, 3.8) is 0 Å². The van der Waals surface area contributed by atoms with Gasteiger partial charge in [-0.2, -0.15) is 0 Å². The average molecular weight is 480 g/mol. The van der Waals surface area contributed by atoms with Gasteiger partial charge in [0.2, 0.25) is 0 Å². The number of nitrogens with one attached hydrogen (secondary N) is 2. The molecule has 8 heteroatoms. The number of para-hydroxylation sites is 1. The first kappa shape index (κ1) is 25.1. The summed E-state index contributed by atoms with van der Waals surface area (Å²) in [6.07, 6.45) is 0. The van der Waals surface area contributed by atoms with Gasteiger partial charge in [-0.1, -0.05) is 35.9 Å². The fourth-order valence-electron chi connectivity index (χ4n) is 3.35. The van der Waals surface area contributed by atoms with Crippen LogP contribution in [0.1, 0.15) is 38.8 Å². The number of Topliss-reactive ketones (excluding diaryl/α,β-unsaturated/α-hetero) is 1. The van der Waals surface area contributed by atoms with Crippen LogP contribution in [0.15, 0.2) is 66.7 Å². The maximum absolute atomic E-state index is 13.3. The number of benzene rings is 3. The quantitative estimate of drug-likeness (QED) is 0.302. The maximum atomic E-state index is 13.3. The predicted octanol–water partition coefficient (Wildman–Crippen LogP) is 3.83. The van der Waals surface area contributed by atoms with Crippen molar-refractivity contribution >= 4 is 40.4 Å². The zero-order chi connectivity index (χ0) is 24.7. The number of aliphatic hydroxyl groups excluding tert-OH is 1. The lowest BCUT2D eigenvalue weighted by Crippen LogP contribution is -2.37. The van der Waals surface area contributed by atoms with Crippen LogP contribution in [0.25, 0.3) is 0 Å². The van der Waals surface area contributed by atoms with Gasteiger partial charge in [-0.25, -0.2) is 5.43 Å². The zero-order valence-electron chi connectivity index (χ0n) is 19.0. The van der Waals surface area contributed by atoms with Gasteiger partial charge in [0.15, 0.2) is 5.78 Å². The van der Waals surface area contributed by atoms with Gasteiger partial charge in [-0.3, -0.25) is 19.4 Å². The van der Waals surface area contributed by atoms with Crippen LogP contribution in [0.4, 0.5) is 11.4 Å². The Kier molecular flexibility index (Phi) is 8.54. The van der Waals surface area contributed by atoms with Crippen molar-refractivity contribution in [3.05, 3.63) is 94.0 Å². The Bertz CT molecular complexity index is 1200. The number of aliphatic hydroxyl groups is 1. The van der Waals surface area contributed by atoms with E-state index in [0.717, 1.165) is 5.69 Å². The van der Waals surface area contributed by atoms with Gasteiger partial charge in [-0.15, -0.1) is 0 Å². The third kappa shape index (κ3) is 6.08. The average Bonchev–Trinajstić information content (AvgIpc) is 2.83. The molecule has 0 unspecified atom stereocenters. The standard InChI is InChI=1S/C26H26ClN3O4/c1-17-8-9-19(26(34)28-12-13-31)14-23(17)25(33)22-11-10-21(15-24(22)27)30(29-16-18(2)32)20-6-4-3-5-7-20/h3-11,14-15,29,31H,12-13,16H2,1-2H3,(H,28,34). The van der Waals surface area contributed by atoms with E-state index in [0.29, 0.717) is 27.9 Å². The summed E-state index contributed by atoms with van der Waals surface area (Å²) in [5, 5.41) is 13.5. The third-order valence-electron chi connectivity index (χ3n) is 5.10. The van der Waals surface area contributed by atoms with Crippen molar-refractivity contribution in [2.45, 2.75) is 13.8 Å². The van der Waals surface area contributed by atoms with Gasteiger partial charge < -0.3 is 10.4 Å². The number of aryl methyl sites for hydroxylation is 1. The maximum Gasteiger partial charge on any atom is 0.251 e. The van der Waals surface area contributed by atoms with Crippen molar-refractivity contribution in [1.82, 2.24) is 10.7 Å². The van der Waals surface area contributed by atoms with Gasteiger partial charge in [0.1, 0.15) is 5.78 Å². The fourth-order valence-corrected chi connectivity index (χ4v) is 3.61. The lowest BCUT2D eigenvalue weighted by molar-refractivity contribution is -0.116. The molecule has 3 aromatic carbocycles. The Hall–Kier alpha value is -3.52. The molecule has 0 aromatic heterocycles. The highest BCUT2D eigenvalue weighted by atomic mass is 35.5. The second kappa shape index (κ2) is 11.6. The smallest absolute Gasteiger partial charge is 0.251 e. The summed E-state index contributed by atoms with van der Waals surface area (Å²) in [7, 11) is 0. The molecule has 0 radical (unpaired) electrons.